The van der Waals surface area contributed by atoms with Gasteiger partial charge in [-0.25, -0.2) is 0 Å². The number of nitrogens with two attached hydrogens (primary N) is 1. The van der Waals surface area contributed by atoms with Crippen LogP contribution >= 0.6 is 0 Å². The molecule has 1 aromatic carbocycles. The third-order valence-corrected chi connectivity index (χ3v) is 1.99. The number of aliphatic carboxylic acids is 1. The van der Waals surface area contributed by atoms with Crippen LogP contribution in [0.3, 0.4) is 0 Å². The van der Waals surface area contributed by atoms with Gasteiger partial charge in [-0.05, 0) is 24.1 Å². The molecule has 76 valence electrons. The van der Waals surface area contributed by atoms with Crippen molar-refractivity contribution in [3.8, 4) is 5.75 Å². The van der Waals surface area contributed by atoms with Crippen LogP contribution in [0, 0.1) is 0 Å². The van der Waals surface area contributed by atoms with E-state index in [1.54, 1.807) is 12.1 Å². The molecule has 4 nitrogen and oxygen atoms in total. The molecule has 0 fully saturated rings. The van der Waals surface area contributed by atoms with E-state index in [4.69, 9.17) is 15.9 Å². The van der Waals surface area contributed by atoms with Gasteiger partial charge in [0.2, 0.25) is 0 Å². The van der Waals surface area contributed by atoms with Gasteiger partial charge in [-0.1, -0.05) is 12.1 Å². The molecular weight excluding hydrogens is 182 g/mol. The molecule has 1 aromatic rings. The monoisotopic (exact) mass is 195 g/mol. The first kappa shape index (κ1) is 10.5. The van der Waals surface area contributed by atoms with Gasteiger partial charge >= 0.3 is 5.97 Å². The molecule has 0 saturated heterocycles. The molecule has 0 spiro atoms. The van der Waals surface area contributed by atoms with E-state index in [-0.39, 0.29) is 18.2 Å². The average Bonchev–Trinajstić information content (AvgIpc) is 2.15. The summed E-state index contributed by atoms with van der Waals surface area (Å²) in [7, 11) is 0. The Morgan fingerprint density at radius 1 is 1.36 bits per heavy atom. The largest absolute Gasteiger partial charge is 0.508 e. The van der Waals surface area contributed by atoms with E-state index >= 15 is 0 Å². The van der Waals surface area contributed by atoms with E-state index in [1.165, 1.54) is 12.1 Å². The standard InChI is InChI=1S/C10H13NO3/c11-9(5-6-10(13)14)7-1-3-8(12)4-2-7/h1-4,9,12H,5-6,11H2,(H,13,14). The van der Waals surface area contributed by atoms with E-state index in [0.717, 1.165) is 5.56 Å². The van der Waals surface area contributed by atoms with Gasteiger partial charge in [0.25, 0.3) is 0 Å². The SMILES string of the molecule is NC(CCC(=O)O)c1ccc(O)cc1. The minimum Gasteiger partial charge on any atom is -0.508 e. The number of hydrogen-bond acceptors (Lipinski definition) is 3. The quantitative estimate of drug-likeness (QED) is 0.675. The smallest absolute Gasteiger partial charge is 0.303 e. The van der Waals surface area contributed by atoms with Gasteiger partial charge in [0.15, 0.2) is 0 Å². The van der Waals surface area contributed by atoms with Crippen LogP contribution in [0.4, 0.5) is 0 Å². The molecule has 0 bridgehead atoms. The van der Waals surface area contributed by atoms with Crippen molar-refractivity contribution < 1.29 is 15.0 Å². The van der Waals surface area contributed by atoms with E-state index in [2.05, 4.69) is 0 Å². The molecule has 0 heterocycles. The van der Waals surface area contributed by atoms with Crippen molar-refractivity contribution >= 4 is 5.97 Å². The maximum atomic E-state index is 10.3. The van der Waals surface area contributed by atoms with E-state index in [9.17, 15) is 4.79 Å². The van der Waals surface area contributed by atoms with Gasteiger partial charge in [-0.2, -0.15) is 0 Å². The van der Waals surface area contributed by atoms with Gasteiger partial charge in [0, 0.05) is 12.5 Å². The predicted octanol–water partition coefficient (Wildman–Crippen LogP) is 1.26. The highest BCUT2D eigenvalue weighted by Gasteiger charge is 2.07. The lowest BCUT2D eigenvalue weighted by Gasteiger charge is -2.10. The molecule has 0 saturated carbocycles. The van der Waals surface area contributed by atoms with Crippen LogP contribution in [-0.2, 0) is 4.79 Å². The number of rotatable bonds is 4. The summed E-state index contributed by atoms with van der Waals surface area (Å²) < 4.78 is 0. The molecule has 4 N–H and O–H groups in total. The Labute approximate surface area is 82.0 Å². The zero-order valence-corrected chi connectivity index (χ0v) is 7.68. The molecule has 0 aliphatic heterocycles. The zero-order valence-electron chi connectivity index (χ0n) is 7.68. The summed E-state index contributed by atoms with van der Waals surface area (Å²) in [5.41, 5.74) is 6.59. The molecule has 0 aliphatic carbocycles. The topological polar surface area (TPSA) is 83.6 Å². The maximum absolute atomic E-state index is 10.3. The van der Waals surface area contributed by atoms with Gasteiger partial charge < -0.3 is 15.9 Å². The Morgan fingerprint density at radius 2 is 1.93 bits per heavy atom. The van der Waals surface area contributed by atoms with Crippen LogP contribution in [0.2, 0.25) is 0 Å². The third-order valence-electron chi connectivity index (χ3n) is 1.99. The van der Waals surface area contributed by atoms with Crippen LogP contribution in [0.5, 0.6) is 5.75 Å². The summed E-state index contributed by atoms with van der Waals surface area (Å²) in [4.78, 5) is 10.3. The molecular formula is C10H13NO3. The van der Waals surface area contributed by atoms with Crippen LogP contribution in [0.1, 0.15) is 24.4 Å². The number of aromatic hydroxyl groups is 1. The van der Waals surface area contributed by atoms with Crippen molar-refractivity contribution in [3.05, 3.63) is 29.8 Å². The number of hydrogen-bond donors (Lipinski definition) is 3. The molecule has 14 heavy (non-hydrogen) atoms. The molecule has 1 rings (SSSR count). The Kier molecular flexibility index (Phi) is 3.48. The van der Waals surface area contributed by atoms with Gasteiger partial charge in [0.1, 0.15) is 5.75 Å². The minimum atomic E-state index is -0.848. The Morgan fingerprint density at radius 3 is 2.43 bits per heavy atom. The summed E-state index contributed by atoms with van der Waals surface area (Å²) in [6.07, 6.45) is 0.460. The lowest BCUT2D eigenvalue weighted by molar-refractivity contribution is -0.137. The molecule has 1 unspecified atom stereocenters. The summed E-state index contributed by atoms with van der Waals surface area (Å²) in [6, 6.07) is 6.18. The second-order valence-corrected chi connectivity index (χ2v) is 3.13. The molecule has 0 aliphatic rings. The summed E-state index contributed by atoms with van der Waals surface area (Å²) in [6.45, 7) is 0. The van der Waals surface area contributed by atoms with Crippen molar-refractivity contribution in [1.82, 2.24) is 0 Å². The van der Waals surface area contributed by atoms with Crippen LogP contribution in [-0.4, -0.2) is 16.2 Å². The molecule has 0 amide bonds. The highest BCUT2D eigenvalue weighted by Crippen LogP contribution is 2.18. The van der Waals surface area contributed by atoms with Crippen molar-refractivity contribution in [3.63, 3.8) is 0 Å². The Bertz CT molecular complexity index is 308. The Balaban J connectivity index is 2.56. The van der Waals surface area contributed by atoms with Crippen molar-refractivity contribution in [2.75, 3.05) is 0 Å². The van der Waals surface area contributed by atoms with Gasteiger partial charge in [0.05, 0.1) is 0 Å². The first-order valence-electron chi connectivity index (χ1n) is 4.36. The molecule has 0 radical (unpaired) electrons. The normalized spacial score (nSPS) is 12.4. The predicted molar refractivity (Wildman–Crippen MR) is 51.9 cm³/mol. The van der Waals surface area contributed by atoms with Gasteiger partial charge in [-0.3, -0.25) is 4.79 Å². The highest BCUT2D eigenvalue weighted by atomic mass is 16.4. The van der Waals surface area contributed by atoms with E-state index in [0.29, 0.717) is 6.42 Å². The number of benzene rings is 1. The number of phenolic OH excluding ortho intramolecular Hbond substituents is 1. The number of carboxylic acid groups (broad SMARTS) is 1. The van der Waals surface area contributed by atoms with Crippen molar-refractivity contribution in [2.45, 2.75) is 18.9 Å². The first-order valence-corrected chi connectivity index (χ1v) is 4.36. The van der Waals surface area contributed by atoms with Crippen LogP contribution in [0.25, 0.3) is 0 Å². The lowest BCUT2D eigenvalue weighted by atomic mass is 10.0. The fourth-order valence-electron chi connectivity index (χ4n) is 1.17. The lowest BCUT2D eigenvalue weighted by Crippen LogP contribution is -2.11. The maximum Gasteiger partial charge on any atom is 0.303 e. The molecule has 4 heteroatoms. The third kappa shape index (κ3) is 3.06. The highest BCUT2D eigenvalue weighted by molar-refractivity contribution is 5.66. The van der Waals surface area contributed by atoms with Crippen LogP contribution < -0.4 is 5.73 Å². The average molecular weight is 195 g/mol. The minimum absolute atomic E-state index is 0.0576. The fraction of sp³-hybridized carbons (Fsp3) is 0.300. The first-order chi connectivity index (χ1) is 6.59. The number of phenols is 1. The van der Waals surface area contributed by atoms with Crippen molar-refractivity contribution in [2.24, 2.45) is 5.73 Å². The number of carbonyl (C=O) groups is 1. The second kappa shape index (κ2) is 4.62. The number of carboxylic acids is 1. The van der Waals surface area contributed by atoms with Gasteiger partial charge in [-0.15, -0.1) is 0 Å². The Hall–Kier alpha value is -1.55. The summed E-state index contributed by atoms with van der Waals surface area (Å²) in [5, 5.41) is 17.5. The fourth-order valence-corrected chi connectivity index (χ4v) is 1.17. The zero-order chi connectivity index (χ0) is 10.6. The van der Waals surface area contributed by atoms with Crippen molar-refractivity contribution in [1.29, 1.82) is 0 Å². The molecule has 1 atom stereocenters. The second-order valence-electron chi connectivity index (χ2n) is 3.13. The van der Waals surface area contributed by atoms with E-state index in [1.807, 2.05) is 0 Å². The molecule has 0 aromatic heterocycles. The summed E-state index contributed by atoms with van der Waals surface area (Å²) >= 11 is 0. The van der Waals surface area contributed by atoms with Crippen LogP contribution in [0.15, 0.2) is 24.3 Å². The van der Waals surface area contributed by atoms with E-state index < -0.39 is 5.97 Å². The summed E-state index contributed by atoms with van der Waals surface area (Å²) in [5.74, 6) is -0.668.